The molecule has 160 valence electrons. The number of nitrogens with one attached hydrogen (secondary N) is 1. The van der Waals surface area contributed by atoms with Crippen molar-refractivity contribution in [2.45, 2.75) is 32.6 Å². The topological polar surface area (TPSA) is 54.3 Å². The van der Waals surface area contributed by atoms with Crippen molar-refractivity contribution in [1.82, 2.24) is 14.8 Å². The molecule has 5 rings (SSSR count). The van der Waals surface area contributed by atoms with Gasteiger partial charge in [-0.15, -0.1) is 0 Å². The monoisotopic (exact) mass is 423 g/mol. The Hall–Kier alpha value is -3.86. The van der Waals surface area contributed by atoms with Crippen molar-refractivity contribution >= 4 is 22.7 Å². The molecule has 1 aliphatic heterocycles. The molecule has 5 nitrogen and oxygen atoms in total. The van der Waals surface area contributed by atoms with Gasteiger partial charge in [0, 0.05) is 24.0 Å². The molecule has 5 heteroatoms. The van der Waals surface area contributed by atoms with Crippen LogP contribution in [-0.4, -0.2) is 27.3 Å². The first-order valence-electron chi connectivity index (χ1n) is 10.9. The van der Waals surface area contributed by atoms with Crippen LogP contribution in [0.15, 0.2) is 84.9 Å². The number of rotatable bonds is 5. The number of amides is 2. The minimum absolute atomic E-state index is 0.118. The number of fused-ring (bicyclic) bond motifs is 3. The maximum absolute atomic E-state index is 13.6. The third-order valence-electron chi connectivity index (χ3n) is 6.11. The predicted molar refractivity (Wildman–Crippen MR) is 125 cm³/mol. The molecular formula is C27H25N3O2. The highest BCUT2D eigenvalue weighted by atomic mass is 16.2. The number of nitrogens with zero attached hydrogens (tertiary/aromatic N) is 2. The van der Waals surface area contributed by atoms with Crippen LogP contribution in [0, 0.1) is 6.92 Å². The maximum Gasteiger partial charge on any atom is 0.271 e. The van der Waals surface area contributed by atoms with Gasteiger partial charge in [-0.2, -0.15) is 0 Å². The second-order valence-corrected chi connectivity index (χ2v) is 8.34. The first kappa shape index (κ1) is 20.1. The molecule has 0 spiro atoms. The number of carbonyl (C=O) groups is 2. The molecule has 0 unspecified atom stereocenters. The van der Waals surface area contributed by atoms with Gasteiger partial charge >= 0.3 is 0 Å². The molecule has 0 radical (unpaired) electrons. The van der Waals surface area contributed by atoms with Gasteiger partial charge in [0.1, 0.15) is 11.7 Å². The molecule has 0 aliphatic carbocycles. The Morgan fingerprint density at radius 1 is 0.938 bits per heavy atom. The first-order chi connectivity index (χ1) is 15.6. The minimum Gasteiger partial charge on any atom is -0.350 e. The van der Waals surface area contributed by atoms with E-state index < -0.39 is 6.04 Å². The van der Waals surface area contributed by atoms with E-state index >= 15 is 0 Å². The Morgan fingerprint density at radius 3 is 2.44 bits per heavy atom. The molecule has 0 saturated carbocycles. The van der Waals surface area contributed by atoms with Gasteiger partial charge in [0.05, 0.1) is 6.54 Å². The number of hydrogen-bond donors (Lipinski definition) is 1. The van der Waals surface area contributed by atoms with Crippen molar-refractivity contribution < 1.29 is 9.59 Å². The quantitative estimate of drug-likeness (QED) is 0.521. The fraction of sp³-hybridized carbons (Fsp3) is 0.185. The summed E-state index contributed by atoms with van der Waals surface area (Å²) in [6.07, 6.45) is 0. The third-order valence-corrected chi connectivity index (χ3v) is 6.11. The van der Waals surface area contributed by atoms with E-state index in [2.05, 4.69) is 5.32 Å². The third kappa shape index (κ3) is 3.78. The van der Waals surface area contributed by atoms with Gasteiger partial charge < -0.3 is 14.8 Å². The Morgan fingerprint density at radius 2 is 1.66 bits per heavy atom. The SMILES string of the molecule is Cc1ccc(CN2C(=O)c3cc4ccccc4n3C[C@H]2C(=O)NCc2ccccc2)cc1. The van der Waals surface area contributed by atoms with E-state index in [4.69, 9.17) is 0 Å². The van der Waals surface area contributed by atoms with Crippen molar-refractivity contribution in [3.8, 4) is 0 Å². The molecule has 3 aromatic carbocycles. The Balaban J connectivity index is 1.48. The van der Waals surface area contributed by atoms with Crippen LogP contribution >= 0.6 is 0 Å². The molecule has 1 N–H and O–H groups in total. The summed E-state index contributed by atoms with van der Waals surface area (Å²) in [6, 6.07) is 27.2. The van der Waals surface area contributed by atoms with Gasteiger partial charge in [-0.1, -0.05) is 78.4 Å². The van der Waals surface area contributed by atoms with E-state index in [1.54, 1.807) is 4.90 Å². The molecule has 32 heavy (non-hydrogen) atoms. The highest BCUT2D eigenvalue weighted by Crippen LogP contribution is 2.28. The second kappa shape index (κ2) is 8.35. The number of hydrogen-bond acceptors (Lipinski definition) is 2. The van der Waals surface area contributed by atoms with E-state index in [0.29, 0.717) is 25.3 Å². The molecule has 1 atom stereocenters. The highest BCUT2D eigenvalue weighted by Gasteiger charge is 2.37. The standard InChI is InChI=1S/C27H25N3O2/c1-19-11-13-21(14-12-19)17-30-25(26(31)28-16-20-7-3-2-4-8-20)18-29-23-10-6-5-9-22(23)15-24(29)27(30)32/h2-15,25H,16-18H2,1H3,(H,28,31)/t25-/m0/s1. The van der Waals surface area contributed by atoms with Gasteiger partial charge in [0.25, 0.3) is 5.91 Å². The average Bonchev–Trinajstić information content (AvgIpc) is 3.20. The van der Waals surface area contributed by atoms with E-state index in [0.717, 1.165) is 27.6 Å². The zero-order valence-corrected chi connectivity index (χ0v) is 18.0. The van der Waals surface area contributed by atoms with Crippen LogP contribution in [0.3, 0.4) is 0 Å². The van der Waals surface area contributed by atoms with Crippen LogP contribution in [0.2, 0.25) is 0 Å². The van der Waals surface area contributed by atoms with Crippen LogP contribution in [0.25, 0.3) is 10.9 Å². The summed E-state index contributed by atoms with van der Waals surface area (Å²) in [5, 5.41) is 4.05. The minimum atomic E-state index is -0.587. The number of carbonyl (C=O) groups excluding carboxylic acids is 2. The van der Waals surface area contributed by atoms with E-state index in [-0.39, 0.29) is 11.8 Å². The van der Waals surface area contributed by atoms with Gasteiger partial charge in [-0.3, -0.25) is 9.59 Å². The lowest BCUT2D eigenvalue weighted by atomic mass is 10.1. The highest BCUT2D eigenvalue weighted by molar-refractivity contribution is 6.02. The van der Waals surface area contributed by atoms with E-state index in [1.807, 2.05) is 96.4 Å². The summed E-state index contributed by atoms with van der Waals surface area (Å²) >= 11 is 0. The lowest BCUT2D eigenvalue weighted by molar-refractivity contribution is -0.126. The Labute approximate surface area is 187 Å². The van der Waals surface area contributed by atoms with Gasteiger partial charge in [-0.05, 0) is 30.2 Å². The van der Waals surface area contributed by atoms with Crippen LogP contribution in [0.1, 0.15) is 27.2 Å². The molecule has 0 saturated heterocycles. The van der Waals surface area contributed by atoms with Crippen molar-refractivity contribution in [3.63, 3.8) is 0 Å². The van der Waals surface area contributed by atoms with Gasteiger partial charge in [0.2, 0.25) is 5.91 Å². The molecule has 2 amide bonds. The summed E-state index contributed by atoms with van der Waals surface area (Å²) in [5.74, 6) is -0.259. The predicted octanol–water partition coefficient (Wildman–Crippen LogP) is 4.29. The van der Waals surface area contributed by atoms with Crippen LogP contribution in [0.5, 0.6) is 0 Å². The zero-order chi connectivity index (χ0) is 22.1. The number of para-hydroxylation sites is 1. The van der Waals surface area contributed by atoms with Crippen molar-refractivity contribution in [3.05, 3.63) is 107 Å². The van der Waals surface area contributed by atoms with E-state index in [9.17, 15) is 9.59 Å². The first-order valence-corrected chi connectivity index (χ1v) is 10.9. The van der Waals surface area contributed by atoms with Crippen LogP contribution < -0.4 is 5.32 Å². The number of aryl methyl sites for hydroxylation is 1. The van der Waals surface area contributed by atoms with Gasteiger partial charge in [0.15, 0.2) is 0 Å². The fourth-order valence-corrected chi connectivity index (χ4v) is 4.34. The van der Waals surface area contributed by atoms with E-state index in [1.165, 1.54) is 0 Å². The van der Waals surface area contributed by atoms with Crippen LogP contribution in [0.4, 0.5) is 0 Å². The molecule has 1 aromatic heterocycles. The summed E-state index contributed by atoms with van der Waals surface area (Å²) in [7, 11) is 0. The van der Waals surface area contributed by atoms with Crippen molar-refractivity contribution in [2.75, 3.05) is 0 Å². The fourth-order valence-electron chi connectivity index (χ4n) is 4.34. The van der Waals surface area contributed by atoms with Crippen LogP contribution in [-0.2, 0) is 24.4 Å². The normalized spacial score (nSPS) is 15.6. The summed E-state index contributed by atoms with van der Waals surface area (Å²) in [6.45, 7) is 3.29. The summed E-state index contributed by atoms with van der Waals surface area (Å²) < 4.78 is 1.98. The number of benzene rings is 3. The van der Waals surface area contributed by atoms with Gasteiger partial charge in [-0.25, -0.2) is 0 Å². The molecular weight excluding hydrogens is 398 g/mol. The second-order valence-electron chi connectivity index (χ2n) is 8.34. The lowest BCUT2D eigenvalue weighted by Gasteiger charge is -2.36. The smallest absolute Gasteiger partial charge is 0.271 e. The largest absolute Gasteiger partial charge is 0.350 e. The molecule has 4 aromatic rings. The van der Waals surface area contributed by atoms with Crippen molar-refractivity contribution in [1.29, 1.82) is 0 Å². The Kier molecular flexibility index (Phi) is 5.23. The summed E-state index contributed by atoms with van der Waals surface area (Å²) in [4.78, 5) is 28.6. The zero-order valence-electron chi connectivity index (χ0n) is 18.0. The molecule has 2 heterocycles. The average molecular weight is 424 g/mol. The molecule has 0 fully saturated rings. The Bertz CT molecular complexity index is 1280. The lowest BCUT2D eigenvalue weighted by Crippen LogP contribution is -2.54. The molecule has 0 bridgehead atoms. The summed E-state index contributed by atoms with van der Waals surface area (Å²) in [5.41, 5.74) is 4.81. The maximum atomic E-state index is 13.6. The van der Waals surface area contributed by atoms with Crippen molar-refractivity contribution in [2.24, 2.45) is 0 Å². The molecule has 1 aliphatic rings. The number of aromatic nitrogens is 1.